The molecule has 118 valence electrons. The molecule has 3 rings (SSSR count). The molecule has 24 heavy (non-hydrogen) atoms. The summed E-state index contributed by atoms with van der Waals surface area (Å²) in [5.41, 5.74) is 4.77. The van der Waals surface area contributed by atoms with Crippen molar-refractivity contribution >= 4 is 17.5 Å². The average Bonchev–Trinajstić information content (AvgIpc) is 2.63. The van der Waals surface area contributed by atoms with E-state index in [1.54, 1.807) is 12.1 Å². The molecular formula is C22H18FN. The Morgan fingerprint density at radius 2 is 1.33 bits per heavy atom. The summed E-state index contributed by atoms with van der Waals surface area (Å²) in [5.74, 6) is -0.241. The third-order valence-electron chi connectivity index (χ3n) is 3.72. The van der Waals surface area contributed by atoms with E-state index in [0.717, 1.165) is 28.1 Å². The lowest BCUT2D eigenvalue weighted by atomic mass is 10.1. The Hall–Kier alpha value is -3.00. The van der Waals surface area contributed by atoms with E-state index in [-0.39, 0.29) is 5.82 Å². The molecule has 0 aliphatic heterocycles. The van der Waals surface area contributed by atoms with Crippen LogP contribution in [0.2, 0.25) is 0 Å². The highest BCUT2D eigenvalue weighted by Crippen LogP contribution is 2.21. The summed E-state index contributed by atoms with van der Waals surface area (Å²) < 4.78 is 13.1. The molecule has 0 atom stereocenters. The van der Waals surface area contributed by atoms with Crippen LogP contribution in [0.3, 0.4) is 0 Å². The summed E-state index contributed by atoms with van der Waals surface area (Å²) in [6.07, 6.45) is 2.06. The number of aliphatic imine (C=N–C) groups is 1. The van der Waals surface area contributed by atoms with Gasteiger partial charge < -0.3 is 0 Å². The van der Waals surface area contributed by atoms with Crippen LogP contribution in [0, 0.1) is 5.82 Å². The fourth-order valence-electron chi connectivity index (χ4n) is 2.43. The topological polar surface area (TPSA) is 12.4 Å². The molecule has 0 saturated carbocycles. The Bertz CT molecular complexity index is 847. The normalized spacial score (nSPS) is 12.2. The van der Waals surface area contributed by atoms with E-state index < -0.39 is 0 Å². The van der Waals surface area contributed by atoms with Crippen molar-refractivity contribution in [3.63, 3.8) is 0 Å². The van der Waals surface area contributed by atoms with Gasteiger partial charge in [-0.3, -0.25) is 4.99 Å². The molecule has 3 aromatic carbocycles. The van der Waals surface area contributed by atoms with Gasteiger partial charge in [-0.2, -0.15) is 0 Å². The largest absolute Gasteiger partial charge is 0.252 e. The molecule has 0 spiro atoms. The summed E-state index contributed by atoms with van der Waals surface area (Å²) in [6.45, 7) is 1.94. The van der Waals surface area contributed by atoms with Gasteiger partial charge in [-0.1, -0.05) is 72.8 Å². The van der Waals surface area contributed by atoms with Gasteiger partial charge in [0.1, 0.15) is 5.82 Å². The van der Waals surface area contributed by atoms with Gasteiger partial charge in [0.05, 0.1) is 5.70 Å². The fourth-order valence-corrected chi connectivity index (χ4v) is 2.43. The number of halogens is 1. The van der Waals surface area contributed by atoms with Gasteiger partial charge in [-0.25, -0.2) is 4.39 Å². The SMILES string of the molecule is CC(=N/C(=C\c1ccccc1)c1ccccc1)c1ccc(F)cc1. The second-order valence-electron chi connectivity index (χ2n) is 5.51. The predicted molar refractivity (Wildman–Crippen MR) is 99.4 cm³/mol. The molecule has 2 heteroatoms. The van der Waals surface area contributed by atoms with Gasteiger partial charge in [-0.05, 0) is 36.3 Å². The molecule has 0 aromatic heterocycles. The van der Waals surface area contributed by atoms with E-state index in [1.807, 2.05) is 67.6 Å². The lowest BCUT2D eigenvalue weighted by molar-refractivity contribution is 0.628. The first-order chi connectivity index (χ1) is 11.7. The van der Waals surface area contributed by atoms with Crippen molar-refractivity contribution in [2.75, 3.05) is 0 Å². The van der Waals surface area contributed by atoms with E-state index in [9.17, 15) is 4.39 Å². The number of hydrogen-bond acceptors (Lipinski definition) is 1. The first kappa shape index (κ1) is 15.9. The van der Waals surface area contributed by atoms with Crippen molar-refractivity contribution in [1.29, 1.82) is 0 Å². The number of hydrogen-bond donors (Lipinski definition) is 0. The van der Waals surface area contributed by atoms with E-state index in [4.69, 9.17) is 4.99 Å². The molecule has 0 heterocycles. The second-order valence-corrected chi connectivity index (χ2v) is 5.51. The monoisotopic (exact) mass is 315 g/mol. The number of benzene rings is 3. The van der Waals surface area contributed by atoms with Crippen LogP contribution >= 0.6 is 0 Å². The zero-order chi connectivity index (χ0) is 16.8. The first-order valence-corrected chi connectivity index (χ1v) is 7.86. The van der Waals surface area contributed by atoms with Crippen molar-refractivity contribution in [3.8, 4) is 0 Å². The Morgan fingerprint density at radius 3 is 1.96 bits per heavy atom. The highest BCUT2D eigenvalue weighted by Gasteiger charge is 2.03. The molecule has 3 aromatic rings. The first-order valence-electron chi connectivity index (χ1n) is 7.86. The smallest absolute Gasteiger partial charge is 0.123 e. The van der Waals surface area contributed by atoms with Crippen LogP contribution in [0.25, 0.3) is 11.8 Å². The maximum absolute atomic E-state index is 13.1. The van der Waals surface area contributed by atoms with E-state index >= 15 is 0 Å². The summed E-state index contributed by atoms with van der Waals surface area (Å²) in [7, 11) is 0. The summed E-state index contributed by atoms with van der Waals surface area (Å²) in [6, 6.07) is 26.6. The van der Waals surface area contributed by atoms with Gasteiger partial charge in [-0.15, -0.1) is 0 Å². The predicted octanol–water partition coefficient (Wildman–Crippen LogP) is 5.83. The summed E-state index contributed by atoms with van der Waals surface area (Å²) in [5, 5.41) is 0. The lowest BCUT2D eigenvalue weighted by Crippen LogP contribution is -1.96. The highest BCUT2D eigenvalue weighted by atomic mass is 19.1. The number of rotatable bonds is 4. The zero-order valence-electron chi connectivity index (χ0n) is 13.5. The number of nitrogens with zero attached hydrogens (tertiary/aromatic N) is 1. The second kappa shape index (κ2) is 7.51. The van der Waals surface area contributed by atoms with Crippen LogP contribution < -0.4 is 0 Å². The molecule has 0 saturated heterocycles. The van der Waals surface area contributed by atoms with Gasteiger partial charge in [0.2, 0.25) is 0 Å². The molecule has 0 radical (unpaired) electrons. The lowest BCUT2D eigenvalue weighted by Gasteiger charge is -2.06. The average molecular weight is 315 g/mol. The Balaban J connectivity index is 2.03. The molecule has 0 N–H and O–H groups in total. The van der Waals surface area contributed by atoms with Crippen molar-refractivity contribution in [3.05, 3.63) is 107 Å². The van der Waals surface area contributed by atoms with Crippen LogP contribution in [-0.2, 0) is 0 Å². The van der Waals surface area contributed by atoms with Crippen molar-refractivity contribution in [2.24, 2.45) is 4.99 Å². The highest BCUT2D eigenvalue weighted by molar-refractivity contribution is 6.03. The van der Waals surface area contributed by atoms with Gasteiger partial charge in [0.15, 0.2) is 0 Å². The third-order valence-corrected chi connectivity index (χ3v) is 3.72. The zero-order valence-corrected chi connectivity index (χ0v) is 13.5. The van der Waals surface area contributed by atoms with Crippen LogP contribution in [0.15, 0.2) is 89.9 Å². The van der Waals surface area contributed by atoms with Crippen molar-refractivity contribution in [1.82, 2.24) is 0 Å². The fraction of sp³-hybridized carbons (Fsp3) is 0.0455. The Kier molecular flexibility index (Phi) is 4.97. The van der Waals surface area contributed by atoms with Crippen LogP contribution in [0.4, 0.5) is 4.39 Å². The molecule has 0 amide bonds. The van der Waals surface area contributed by atoms with Crippen LogP contribution in [-0.4, -0.2) is 5.71 Å². The quantitative estimate of drug-likeness (QED) is 0.424. The molecule has 1 nitrogen and oxygen atoms in total. The standard InChI is InChI=1S/C22H18FN/c1-17(19-12-14-21(23)15-13-19)24-22(20-10-6-3-7-11-20)16-18-8-4-2-5-9-18/h2-16H,1H3/b22-16-,24-17?. The molecular weight excluding hydrogens is 297 g/mol. The minimum absolute atomic E-state index is 0.241. The third kappa shape index (κ3) is 4.05. The minimum atomic E-state index is -0.241. The summed E-state index contributed by atoms with van der Waals surface area (Å²) >= 11 is 0. The van der Waals surface area contributed by atoms with E-state index in [0.29, 0.717) is 0 Å². The Labute approximate surface area is 141 Å². The van der Waals surface area contributed by atoms with E-state index in [1.165, 1.54) is 12.1 Å². The van der Waals surface area contributed by atoms with Gasteiger partial charge >= 0.3 is 0 Å². The maximum Gasteiger partial charge on any atom is 0.123 e. The molecule has 0 fully saturated rings. The van der Waals surface area contributed by atoms with Gasteiger partial charge in [0.25, 0.3) is 0 Å². The van der Waals surface area contributed by atoms with E-state index in [2.05, 4.69) is 6.08 Å². The molecule has 0 bridgehead atoms. The van der Waals surface area contributed by atoms with Crippen molar-refractivity contribution in [2.45, 2.75) is 6.92 Å². The molecule has 0 aliphatic carbocycles. The molecule has 0 aliphatic rings. The minimum Gasteiger partial charge on any atom is -0.252 e. The maximum atomic E-state index is 13.1. The van der Waals surface area contributed by atoms with Crippen LogP contribution in [0.1, 0.15) is 23.6 Å². The van der Waals surface area contributed by atoms with Crippen LogP contribution in [0.5, 0.6) is 0 Å². The summed E-state index contributed by atoms with van der Waals surface area (Å²) in [4.78, 5) is 4.80. The Morgan fingerprint density at radius 1 is 0.750 bits per heavy atom. The van der Waals surface area contributed by atoms with Crippen molar-refractivity contribution < 1.29 is 4.39 Å². The van der Waals surface area contributed by atoms with Gasteiger partial charge in [0, 0.05) is 11.3 Å². The molecule has 0 unspecified atom stereocenters.